The number of nitrogens with one attached hydrogen (secondary N) is 1. The zero-order chi connectivity index (χ0) is 24.5. The zero-order valence-electron chi connectivity index (χ0n) is 20.1. The van der Waals surface area contributed by atoms with Crippen LogP contribution in [0.15, 0.2) is 83.3 Å². The van der Waals surface area contributed by atoms with Crippen molar-refractivity contribution in [1.82, 2.24) is 10.2 Å². The molecular formula is C29H33BrN2O2. The minimum atomic E-state index is -0.618. The molecule has 0 aliphatic heterocycles. The van der Waals surface area contributed by atoms with Gasteiger partial charge in [-0.3, -0.25) is 9.59 Å². The van der Waals surface area contributed by atoms with Crippen LogP contribution in [0.5, 0.6) is 0 Å². The Morgan fingerprint density at radius 3 is 2.26 bits per heavy atom. The molecule has 2 amide bonds. The SMILES string of the molecule is CC[C@@H](C)NC(=O)[C@@H](Cc1ccccc1)N(Cc1cccc(Br)c1)C(=O)Cc1cccc(C)c1. The molecule has 0 bridgehead atoms. The molecule has 5 heteroatoms. The van der Waals surface area contributed by atoms with Crippen LogP contribution in [0.2, 0.25) is 0 Å². The molecule has 0 fully saturated rings. The Hall–Kier alpha value is -2.92. The molecule has 4 nitrogen and oxygen atoms in total. The van der Waals surface area contributed by atoms with Crippen LogP contribution in [0.4, 0.5) is 0 Å². The van der Waals surface area contributed by atoms with E-state index in [9.17, 15) is 9.59 Å². The van der Waals surface area contributed by atoms with Crippen molar-refractivity contribution >= 4 is 27.7 Å². The van der Waals surface area contributed by atoms with Gasteiger partial charge in [0, 0.05) is 23.5 Å². The van der Waals surface area contributed by atoms with E-state index >= 15 is 0 Å². The molecule has 3 aromatic rings. The fraction of sp³-hybridized carbons (Fsp3) is 0.310. The van der Waals surface area contributed by atoms with Gasteiger partial charge in [0.25, 0.3) is 0 Å². The lowest BCUT2D eigenvalue weighted by atomic mass is 10.0. The first-order valence-electron chi connectivity index (χ1n) is 11.8. The number of amides is 2. The highest BCUT2D eigenvalue weighted by atomic mass is 79.9. The van der Waals surface area contributed by atoms with E-state index in [4.69, 9.17) is 0 Å². The van der Waals surface area contributed by atoms with E-state index in [1.807, 2.05) is 99.6 Å². The largest absolute Gasteiger partial charge is 0.352 e. The highest BCUT2D eigenvalue weighted by molar-refractivity contribution is 9.10. The van der Waals surface area contributed by atoms with Crippen molar-refractivity contribution in [2.45, 2.75) is 58.7 Å². The fourth-order valence-corrected chi connectivity index (χ4v) is 4.37. The van der Waals surface area contributed by atoms with Gasteiger partial charge < -0.3 is 10.2 Å². The van der Waals surface area contributed by atoms with Gasteiger partial charge in [-0.1, -0.05) is 95.1 Å². The molecule has 0 aromatic heterocycles. The van der Waals surface area contributed by atoms with Gasteiger partial charge in [0.1, 0.15) is 6.04 Å². The molecule has 1 N–H and O–H groups in total. The molecule has 3 rings (SSSR count). The number of halogens is 1. The summed E-state index contributed by atoms with van der Waals surface area (Å²) in [6.45, 7) is 6.41. The minimum absolute atomic E-state index is 0.0327. The van der Waals surface area contributed by atoms with E-state index in [2.05, 4.69) is 21.2 Å². The summed E-state index contributed by atoms with van der Waals surface area (Å²) in [4.78, 5) is 29.0. The number of rotatable bonds is 10. The smallest absolute Gasteiger partial charge is 0.243 e. The number of hydrogen-bond donors (Lipinski definition) is 1. The summed E-state index contributed by atoms with van der Waals surface area (Å²) in [5, 5.41) is 3.11. The standard InChI is InChI=1S/C29H33BrN2O2/c1-4-22(3)31-29(34)27(18-23-11-6-5-7-12-23)32(20-25-14-9-15-26(30)17-25)28(33)19-24-13-8-10-21(2)16-24/h5-17,22,27H,4,18-20H2,1-3H3,(H,31,34)/t22-,27-/m1/s1. The van der Waals surface area contributed by atoms with Gasteiger partial charge >= 0.3 is 0 Å². The highest BCUT2D eigenvalue weighted by Gasteiger charge is 2.31. The van der Waals surface area contributed by atoms with Gasteiger partial charge in [0.15, 0.2) is 0 Å². The molecule has 0 unspecified atom stereocenters. The van der Waals surface area contributed by atoms with Crippen molar-refractivity contribution in [2.24, 2.45) is 0 Å². The first-order chi connectivity index (χ1) is 16.4. The Labute approximate surface area is 211 Å². The molecule has 3 aromatic carbocycles. The van der Waals surface area contributed by atoms with Crippen molar-refractivity contribution in [1.29, 1.82) is 0 Å². The monoisotopic (exact) mass is 520 g/mol. The second-order valence-electron chi connectivity index (χ2n) is 8.84. The number of carbonyl (C=O) groups excluding carboxylic acids is 2. The molecule has 0 heterocycles. The van der Waals surface area contributed by atoms with Gasteiger partial charge in [0.2, 0.25) is 11.8 Å². The summed E-state index contributed by atoms with van der Waals surface area (Å²) >= 11 is 3.53. The quantitative estimate of drug-likeness (QED) is 0.364. The average molecular weight is 521 g/mol. The van der Waals surface area contributed by atoms with Crippen molar-refractivity contribution in [3.8, 4) is 0 Å². The number of carbonyl (C=O) groups is 2. The maximum atomic E-state index is 13.7. The third-order valence-corrected chi connectivity index (χ3v) is 6.45. The topological polar surface area (TPSA) is 49.4 Å². The Kier molecular flexibility index (Phi) is 9.46. The lowest BCUT2D eigenvalue weighted by Gasteiger charge is -2.32. The van der Waals surface area contributed by atoms with E-state index in [-0.39, 0.29) is 24.3 Å². The maximum Gasteiger partial charge on any atom is 0.243 e. The minimum Gasteiger partial charge on any atom is -0.352 e. The summed E-state index contributed by atoms with van der Waals surface area (Å²) in [5.41, 5.74) is 4.06. The summed E-state index contributed by atoms with van der Waals surface area (Å²) in [5.74, 6) is -0.184. The summed E-state index contributed by atoms with van der Waals surface area (Å²) in [6.07, 6.45) is 1.53. The third kappa shape index (κ3) is 7.56. The van der Waals surface area contributed by atoms with E-state index in [0.29, 0.717) is 13.0 Å². The Morgan fingerprint density at radius 2 is 1.59 bits per heavy atom. The van der Waals surface area contributed by atoms with E-state index in [1.165, 1.54) is 0 Å². The molecule has 34 heavy (non-hydrogen) atoms. The number of aryl methyl sites for hydroxylation is 1. The van der Waals surface area contributed by atoms with Crippen LogP contribution < -0.4 is 5.32 Å². The number of hydrogen-bond acceptors (Lipinski definition) is 2. The molecule has 0 saturated carbocycles. The van der Waals surface area contributed by atoms with Crippen LogP contribution in [-0.2, 0) is 29.0 Å². The van der Waals surface area contributed by atoms with Crippen molar-refractivity contribution < 1.29 is 9.59 Å². The second-order valence-corrected chi connectivity index (χ2v) is 9.76. The molecule has 0 radical (unpaired) electrons. The fourth-order valence-electron chi connectivity index (χ4n) is 3.93. The van der Waals surface area contributed by atoms with E-state index < -0.39 is 6.04 Å². The van der Waals surface area contributed by atoms with Crippen molar-refractivity contribution in [2.75, 3.05) is 0 Å². The summed E-state index contributed by atoms with van der Waals surface area (Å²) in [7, 11) is 0. The van der Waals surface area contributed by atoms with Gasteiger partial charge in [-0.25, -0.2) is 0 Å². The van der Waals surface area contributed by atoms with Crippen LogP contribution in [0.1, 0.15) is 42.5 Å². The Morgan fingerprint density at radius 1 is 0.912 bits per heavy atom. The normalized spacial score (nSPS) is 12.6. The first kappa shape index (κ1) is 25.7. The predicted octanol–water partition coefficient (Wildman–Crippen LogP) is 5.85. The Balaban J connectivity index is 1.97. The second kappa shape index (κ2) is 12.5. The first-order valence-corrected chi connectivity index (χ1v) is 12.6. The summed E-state index contributed by atoms with van der Waals surface area (Å²) < 4.78 is 0.944. The molecule has 2 atom stereocenters. The van der Waals surface area contributed by atoms with Gasteiger partial charge in [-0.15, -0.1) is 0 Å². The van der Waals surface area contributed by atoms with Gasteiger partial charge in [-0.05, 0) is 49.1 Å². The maximum absolute atomic E-state index is 13.7. The van der Waals surface area contributed by atoms with Crippen molar-refractivity contribution in [3.63, 3.8) is 0 Å². The average Bonchev–Trinajstić information content (AvgIpc) is 2.81. The highest BCUT2D eigenvalue weighted by Crippen LogP contribution is 2.19. The molecule has 0 saturated heterocycles. The van der Waals surface area contributed by atoms with Gasteiger partial charge in [-0.2, -0.15) is 0 Å². The Bertz CT molecular complexity index is 1100. The van der Waals surface area contributed by atoms with E-state index in [0.717, 1.165) is 33.1 Å². The van der Waals surface area contributed by atoms with Crippen LogP contribution >= 0.6 is 15.9 Å². The molecule has 0 aliphatic carbocycles. The van der Waals surface area contributed by atoms with Crippen LogP contribution in [-0.4, -0.2) is 28.8 Å². The zero-order valence-corrected chi connectivity index (χ0v) is 21.7. The van der Waals surface area contributed by atoms with Crippen LogP contribution in [0.25, 0.3) is 0 Å². The van der Waals surface area contributed by atoms with Crippen LogP contribution in [0.3, 0.4) is 0 Å². The summed E-state index contributed by atoms with van der Waals surface area (Å²) in [6, 6.07) is 25.2. The molecule has 0 spiro atoms. The van der Waals surface area contributed by atoms with Crippen LogP contribution in [0, 0.1) is 6.92 Å². The lowest BCUT2D eigenvalue weighted by molar-refractivity contribution is -0.141. The predicted molar refractivity (Wildman–Crippen MR) is 141 cm³/mol. The number of nitrogens with zero attached hydrogens (tertiary/aromatic N) is 1. The van der Waals surface area contributed by atoms with Crippen molar-refractivity contribution in [3.05, 3.63) is 106 Å². The van der Waals surface area contributed by atoms with Gasteiger partial charge in [0.05, 0.1) is 6.42 Å². The lowest BCUT2D eigenvalue weighted by Crippen LogP contribution is -2.52. The van der Waals surface area contributed by atoms with E-state index in [1.54, 1.807) is 4.90 Å². The molecular weight excluding hydrogens is 488 g/mol. The third-order valence-electron chi connectivity index (χ3n) is 5.95. The molecule has 178 valence electrons. The number of benzene rings is 3. The molecule has 0 aliphatic rings.